The molecule has 1 aliphatic rings. The third-order valence-electron chi connectivity index (χ3n) is 7.28. The molecule has 0 aromatic heterocycles. The van der Waals surface area contributed by atoms with Crippen molar-refractivity contribution in [1.29, 1.82) is 0 Å². The van der Waals surface area contributed by atoms with Crippen molar-refractivity contribution in [2.75, 3.05) is 5.32 Å². The lowest BCUT2D eigenvalue weighted by molar-refractivity contribution is 0.0981. The molecule has 1 saturated carbocycles. The van der Waals surface area contributed by atoms with Gasteiger partial charge in [0.1, 0.15) is 0 Å². The van der Waals surface area contributed by atoms with Gasteiger partial charge in [0.2, 0.25) is 0 Å². The second-order valence-electron chi connectivity index (χ2n) is 10.4. The summed E-state index contributed by atoms with van der Waals surface area (Å²) in [7, 11) is -4.04. The molecule has 3 amide bonds. The molecule has 0 aliphatic heterocycles. The summed E-state index contributed by atoms with van der Waals surface area (Å²) in [5.41, 5.74) is 5.11. The maximum atomic E-state index is 13.7. The van der Waals surface area contributed by atoms with E-state index in [2.05, 4.69) is 22.2 Å². The average Bonchev–Trinajstić information content (AvgIpc) is 3.19. The van der Waals surface area contributed by atoms with Crippen molar-refractivity contribution in [3.63, 3.8) is 0 Å². The molecular weight excluding hydrogens is 510 g/mol. The highest BCUT2D eigenvalue weighted by Crippen LogP contribution is 2.27. The maximum absolute atomic E-state index is 13.7. The summed E-state index contributed by atoms with van der Waals surface area (Å²) < 4.78 is 27.8. The maximum Gasteiger partial charge on any atom is 0.322 e. The molecule has 0 bridgehead atoms. The van der Waals surface area contributed by atoms with Crippen molar-refractivity contribution >= 4 is 27.6 Å². The summed E-state index contributed by atoms with van der Waals surface area (Å²) in [6, 6.07) is 18.7. The van der Waals surface area contributed by atoms with Crippen molar-refractivity contribution in [3.05, 3.63) is 94.5 Å². The molecular formula is C31H37N3O4S. The predicted octanol–water partition coefficient (Wildman–Crippen LogP) is 6.49. The Morgan fingerprint density at radius 3 is 2.03 bits per heavy atom. The van der Waals surface area contributed by atoms with Gasteiger partial charge in [0.05, 0.1) is 4.90 Å². The van der Waals surface area contributed by atoms with Crippen molar-refractivity contribution in [2.24, 2.45) is 0 Å². The highest BCUT2D eigenvalue weighted by atomic mass is 32.2. The van der Waals surface area contributed by atoms with Crippen LogP contribution in [0.25, 0.3) is 0 Å². The van der Waals surface area contributed by atoms with Gasteiger partial charge in [-0.3, -0.25) is 4.79 Å². The molecule has 0 saturated heterocycles. The van der Waals surface area contributed by atoms with Gasteiger partial charge in [-0.2, -0.15) is 0 Å². The molecule has 206 valence electrons. The van der Waals surface area contributed by atoms with Gasteiger partial charge in [-0.15, -0.1) is 0 Å². The normalized spacial score (nSPS) is 14.3. The van der Waals surface area contributed by atoms with Crippen LogP contribution in [-0.4, -0.2) is 31.3 Å². The van der Waals surface area contributed by atoms with E-state index in [0.29, 0.717) is 6.54 Å². The smallest absolute Gasteiger partial charge is 0.317 e. The van der Waals surface area contributed by atoms with Gasteiger partial charge in [-0.05, 0) is 74.6 Å². The van der Waals surface area contributed by atoms with Crippen molar-refractivity contribution < 1.29 is 18.0 Å². The van der Waals surface area contributed by atoms with Gasteiger partial charge in [0.15, 0.2) is 0 Å². The summed E-state index contributed by atoms with van der Waals surface area (Å²) in [6.07, 6.45) is 6.38. The highest BCUT2D eigenvalue weighted by Gasteiger charge is 2.26. The molecule has 8 heteroatoms. The van der Waals surface area contributed by atoms with Crippen LogP contribution >= 0.6 is 0 Å². The van der Waals surface area contributed by atoms with E-state index in [0.717, 1.165) is 53.6 Å². The summed E-state index contributed by atoms with van der Waals surface area (Å²) in [6.45, 7) is 6.40. The Morgan fingerprint density at radius 2 is 1.44 bits per heavy atom. The van der Waals surface area contributed by atoms with Crippen LogP contribution in [-0.2, 0) is 16.6 Å². The first-order valence-electron chi connectivity index (χ1n) is 13.5. The van der Waals surface area contributed by atoms with Gasteiger partial charge in [0, 0.05) is 23.8 Å². The topological polar surface area (TPSA) is 95.6 Å². The van der Waals surface area contributed by atoms with Gasteiger partial charge in [-0.25, -0.2) is 17.9 Å². The zero-order valence-corrected chi connectivity index (χ0v) is 23.7. The first kappa shape index (κ1) is 28.4. The molecule has 4 rings (SSSR count). The molecule has 39 heavy (non-hydrogen) atoms. The first-order chi connectivity index (χ1) is 18.6. The van der Waals surface area contributed by atoms with Crippen LogP contribution < -0.4 is 10.0 Å². The first-order valence-corrected chi connectivity index (χ1v) is 15.0. The van der Waals surface area contributed by atoms with E-state index in [-0.39, 0.29) is 22.5 Å². The van der Waals surface area contributed by atoms with Gasteiger partial charge in [0.25, 0.3) is 15.9 Å². The Morgan fingerprint density at radius 1 is 0.846 bits per heavy atom. The summed E-state index contributed by atoms with van der Waals surface area (Å²) >= 11 is 0. The molecule has 0 spiro atoms. The number of amides is 3. The van der Waals surface area contributed by atoms with Crippen molar-refractivity contribution in [3.8, 4) is 0 Å². The molecule has 0 heterocycles. The van der Waals surface area contributed by atoms with Crippen molar-refractivity contribution in [1.82, 2.24) is 9.62 Å². The lowest BCUT2D eigenvalue weighted by atomic mass is 10.0. The summed E-state index contributed by atoms with van der Waals surface area (Å²) in [5, 5.41) is 3.16. The number of carbonyl (C=O) groups is 2. The molecule has 0 atom stereocenters. The Labute approximate surface area is 231 Å². The minimum Gasteiger partial charge on any atom is -0.317 e. The average molecular weight is 548 g/mol. The van der Waals surface area contributed by atoms with E-state index >= 15 is 0 Å². The minimum atomic E-state index is -4.04. The SMILES string of the molecule is Cc1cc(C)c(NC(=O)N(Cc2ccc(S(=O)(=O)NC(=O)c3ccccc3)cc2)C2CCCCCC2)c(C)c1. The Kier molecular flexibility index (Phi) is 9.07. The zero-order chi connectivity index (χ0) is 28.0. The number of urea groups is 1. The number of hydrogen-bond acceptors (Lipinski definition) is 4. The van der Waals surface area contributed by atoms with Crippen LogP contribution in [0, 0.1) is 20.8 Å². The largest absolute Gasteiger partial charge is 0.322 e. The van der Waals surface area contributed by atoms with Crippen LogP contribution in [0.4, 0.5) is 10.5 Å². The number of nitrogens with one attached hydrogen (secondary N) is 2. The van der Waals surface area contributed by atoms with Crippen molar-refractivity contribution in [2.45, 2.75) is 76.8 Å². The zero-order valence-electron chi connectivity index (χ0n) is 22.9. The van der Waals surface area contributed by atoms with E-state index < -0.39 is 15.9 Å². The van der Waals surface area contributed by atoms with E-state index in [1.54, 1.807) is 42.5 Å². The standard InChI is InChI=1S/C31H37N3O4S/c1-22-19-23(2)29(24(3)20-22)32-31(36)34(27-13-9-4-5-10-14-27)21-25-15-17-28(18-16-25)39(37,38)33-30(35)26-11-7-6-8-12-26/h6-8,11-12,15-20,27H,4-5,9-10,13-14,21H2,1-3H3,(H,32,36)(H,33,35). The number of hydrogen-bond donors (Lipinski definition) is 2. The number of sulfonamides is 1. The predicted molar refractivity (Wildman–Crippen MR) is 154 cm³/mol. The van der Waals surface area contributed by atoms with Crippen LogP contribution in [0.5, 0.6) is 0 Å². The van der Waals surface area contributed by atoms with E-state index in [9.17, 15) is 18.0 Å². The minimum absolute atomic E-state index is 0.00750. The van der Waals surface area contributed by atoms with Crippen LogP contribution in [0.2, 0.25) is 0 Å². The number of aryl methyl sites for hydroxylation is 3. The van der Waals surface area contributed by atoms with Gasteiger partial charge >= 0.3 is 6.03 Å². The molecule has 3 aromatic carbocycles. The Balaban J connectivity index is 1.53. The van der Waals surface area contributed by atoms with Gasteiger partial charge in [-0.1, -0.05) is 73.7 Å². The number of anilines is 1. The monoisotopic (exact) mass is 547 g/mol. The van der Waals surface area contributed by atoms with E-state index in [1.165, 1.54) is 25.0 Å². The summed E-state index contributed by atoms with van der Waals surface area (Å²) in [5.74, 6) is -0.683. The fraction of sp³-hybridized carbons (Fsp3) is 0.355. The third kappa shape index (κ3) is 7.26. The molecule has 0 unspecified atom stereocenters. The lowest BCUT2D eigenvalue weighted by Gasteiger charge is -2.32. The molecule has 3 aromatic rings. The number of benzene rings is 3. The molecule has 1 aliphatic carbocycles. The van der Waals surface area contributed by atoms with Crippen LogP contribution in [0.15, 0.2) is 71.6 Å². The second kappa shape index (κ2) is 12.5. The molecule has 7 nitrogen and oxygen atoms in total. The van der Waals surface area contributed by atoms with E-state index in [1.807, 2.05) is 25.7 Å². The third-order valence-corrected chi connectivity index (χ3v) is 8.63. The Hall–Kier alpha value is -3.65. The molecule has 0 radical (unpaired) electrons. The molecule has 1 fully saturated rings. The number of carbonyl (C=O) groups excluding carboxylic acids is 2. The Bertz CT molecular complexity index is 1390. The fourth-order valence-electron chi connectivity index (χ4n) is 5.29. The lowest BCUT2D eigenvalue weighted by Crippen LogP contribution is -2.42. The van der Waals surface area contributed by atoms with Gasteiger partial charge < -0.3 is 10.2 Å². The number of nitrogens with zero attached hydrogens (tertiary/aromatic N) is 1. The summed E-state index contributed by atoms with van der Waals surface area (Å²) in [4.78, 5) is 28.0. The second-order valence-corrected chi connectivity index (χ2v) is 12.1. The van der Waals surface area contributed by atoms with Crippen LogP contribution in [0.1, 0.15) is 71.1 Å². The van der Waals surface area contributed by atoms with E-state index in [4.69, 9.17) is 0 Å². The quantitative estimate of drug-likeness (QED) is 0.331. The fourth-order valence-corrected chi connectivity index (χ4v) is 6.27. The van der Waals surface area contributed by atoms with Crippen LogP contribution in [0.3, 0.4) is 0 Å². The number of rotatable bonds is 7. The highest BCUT2D eigenvalue weighted by molar-refractivity contribution is 7.90. The molecule has 2 N–H and O–H groups in total.